The van der Waals surface area contributed by atoms with Crippen LogP contribution in [0, 0.1) is 0 Å². The van der Waals surface area contributed by atoms with E-state index < -0.39 is 23.6 Å². The van der Waals surface area contributed by atoms with Crippen molar-refractivity contribution in [3.8, 4) is 0 Å². The summed E-state index contributed by atoms with van der Waals surface area (Å²) in [6.45, 7) is 0.915. The second-order valence-corrected chi connectivity index (χ2v) is 7.46. The Balaban J connectivity index is 2.02. The van der Waals surface area contributed by atoms with E-state index in [1.165, 1.54) is 0 Å². The van der Waals surface area contributed by atoms with E-state index in [0.29, 0.717) is 19.5 Å². The first-order valence-corrected chi connectivity index (χ1v) is 9.92. The number of amides is 1. The average molecular weight is 401 g/mol. The Kier molecular flexibility index (Phi) is 8.55. The van der Waals surface area contributed by atoms with E-state index in [1.54, 1.807) is 4.90 Å². The molecule has 0 fully saturated rings. The van der Waals surface area contributed by atoms with Crippen molar-refractivity contribution in [1.82, 2.24) is 4.90 Å². The van der Waals surface area contributed by atoms with Gasteiger partial charge in [0.05, 0.1) is 12.2 Å². The molecule has 148 valence electrons. The van der Waals surface area contributed by atoms with E-state index in [4.69, 9.17) is 10.2 Å². The van der Waals surface area contributed by atoms with Gasteiger partial charge in [-0.05, 0) is 17.5 Å². The Hall–Kier alpha value is -2.80. The molecule has 6 nitrogen and oxygen atoms in total. The van der Waals surface area contributed by atoms with Gasteiger partial charge in [0.15, 0.2) is 0 Å². The first kappa shape index (κ1) is 21.5. The molecule has 0 spiro atoms. The number of hydrogen-bond donors (Lipinski definition) is 2. The molecule has 0 bridgehead atoms. The number of carboxylic acids is 2. The highest BCUT2D eigenvalue weighted by Gasteiger charge is 2.24. The summed E-state index contributed by atoms with van der Waals surface area (Å²) in [5.74, 6) is -2.70. The summed E-state index contributed by atoms with van der Waals surface area (Å²) in [6, 6.07) is 19.4. The van der Waals surface area contributed by atoms with Gasteiger partial charge in [0.2, 0.25) is 5.91 Å². The number of aliphatic carboxylic acids is 2. The number of rotatable bonds is 11. The number of carbonyl (C=O) groups is 3. The first-order valence-electron chi connectivity index (χ1n) is 8.87. The molecule has 2 N–H and O–H groups in total. The Labute approximate surface area is 168 Å². The third kappa shape index (κ3) is 7.44. The van der Waals surface area contributed by atoms with Crippen molar-refractivity contribution in [2.75, 3.05) is 12.3 Å². The van der Waals surface area contributed by atoms with E-state index in [9.17, 15) is 14.4 Å². The summed E-state index contributed by atoms with van der Waals surface area (Å²) < 4.78 is 0. The largest absolute Gasteiger partial charge is 0.481 e. The molecule has 0 aliphatic heterocycles. The third-order valence-electron chi connectivity index (χ3n) is 4.13. The second-order valence-electron chi connectivity index (χ2n) is 6.27. The van der Waals surface area contributed by atoms with Gasteiger partial charge < -0.3 is 15.1 Å². The van der Waals surface area contributed by atoms with E-state index in [0.717, 1.165) is 22.9 Å². The van der Waals surface area contributed by atoms with Gasteiger partial charge in [0.25, 0.3) is 0 Å². The van der Waals surface area contributed by atoms with Crippen molar-refractivity contribution in [1.29, 1.82) is 0 Å². The molecular weight excluding hydrogens is 378 g/mol. The number of thioether (sulfide) groups is 1. The minimum Gasteiger partial charge on any atom is -0.481 e. The van der Waals surface area contributed by atoms with E-state index >= 15 is 0 Å². The summed E-state index contributed by atoms with van der Waals surface area (Å²) in [6.07, 6.45) is 0.164. The van der Waals surface area contributed by atoms with Crippen LogP contribution in [0.4, 0.5) is 0 Å². The minimum absolute atomic E-state index is 0.0775. The Morgan fingerprint density at radius 3 is 2.00 bits per heavy atom. The predicted octanol–water partition coefficient (Wildman–Crippen LogP) is 2.92. The Morgan fingerprint density at radius 1 is 0.893 bits per heavy atom. The predicted molar refractivity (Wildman–Crippen MR) is 108 cm³/mol. The molecule has 0 unspecified atom stereocenters. The normalized spacial score (nSPS) is 11.6. The molecule has 0 saturated carbocycles. The average Bonchev–Trinajstić information content (AvgIpc) is 2.69. The van der Waals surface area contributed by atoms with Crippen molar-refractivity contribution < 1.29 is 24.6 Å². The number of carboxylic acid groups (broad SMARTS) is 2. The molecule has 0 aliphatic carbocycles. The molecule has 0 radical (unpaired) electrons. The number of nitrogens with zero attached hydrogens (tertiary/aromatic N) is 1. The van der Waals surface area contributed by atoms with Crippen molar-refractivity contribution in [2.24, 2.45) is 0 Å². The van der Waals surface area contributed by atoms with Crippen molar-refractivity contribution in [3.63, 3.8) is 0 Å². The van der Waals surface area contributed by atoms with Gasteiger partial charge in [0.1, 0.15) is 5.25 Å². The van der Waals surface area contributed by atoms with Crippen LogP contribution in [0.3, 0.4) is 0 Å². The molecule has 0 saturated heterocycles. The number of hydrogen-bond acceptors (Lipinski definition) is 4. The fraction of sp³-hybridized carbons (Fsp3) is 0.286. The quantitative estimate of drug-likeness (QED) is 0.601. The highest BCUT2D eigenvalue weighted by molar-refractivity contribution is 8.01. The van der Waals surface area contributed by atoms with Gasteiger partial charge in [-0.15, -0.1) is 11.8 Å². The molecule has 0 aromatic heterocycles. The van der Waals surface area contributed by atoms with Crippen LogP contribution >= 0.6 is 11.8 Å². The van der Waals surface area contributed by atoms with Gasteiger partial charge in [-0.3, -0.25) is 14.4 Å². The summed E-state index contributed by atoms with van der Waals surface area (Å²) >= 11 is 0.855. The topological polar surface area (TPSA) is 94.9 Å². The van der Waals surface area contributed by atoms with Crippen molar-refractivity contribution in [3.05, 3.63) is 71.8 Å². The van der Waals surface area contributed by atoms with Gasteiger partial charge in [-0.2, -0.15) is 0 Å². The van der Waals surface area contributed by atoms with Crippen LogP contribution in [-0.2, 0) is 27.3 Å². The highest BCUT2D eigenvalue weighted by Crippen LogP contribution is 2.17. The Morgan fingerprint density at radius 2 is 1.46 bits per heavy atom. The maximum absolute atomic E-state index is 12.7. The van der Waals surface area contributed by atoms with Gasteiger partial charge in [-0.1, -0.05) is 60.7 Å². The zero-order valence-electron chi connectivity index (χ0n) is 15.4. The van der Waals surface area contributed by atoms with Crippen LogP contribution in [0.2, 0.25) is 0 Å². The lowest BCUT2D eigenvalue weighted by molar-refractivity contribution is -0.143. The molecule has 1 amide bonds. The number of carbonyl (C=O) groups excluding carboxylic acids is 1. The van der Waals surface area contributed by atoms with E-state index in [1.807, 2.05) is 60.7 Å². The molecule has 7 heteroatoms. The molecule has 0 heterocycles. The highest BCUT2D eigenvalue weighted by atomic mass is 32.2. The molecule has 2 aromatic rings. The van der Waals surface area contributed by atoms with Gasteiger partial charge >= 0.3 is 11.9 Å². The maximum Gasteiger partial charge on any atom is 0.317 e. The summed E-state index contributed by atoms with van der Waals surface area (Å²) in [5, 5.41) is 16.8. The van der Waals surface area contributed by atoms with Crippen molar-refractivity contribution in [2.45, 2.75) is 24.6 Å². The smallest absolute Gasteiger partial charge is 0.317 e. The number of benzene rings is 2. The van der Waals surface area contributed by atoms with E-state index in [-0.39, 0.29) is 11.7 Å². The molecular formula is C21H23NO5S. The van der Waals surface area contributed by atoms with Gasteiger partial charge in [-0.25, -0.2) is 0 Å². The van der Waals surface area contributed by atoms with E-state index in [2.05, 4.69) is 0 Å². The molecule has 2 rings (SSSR count). The molecule has 2 aromatic carbocycles. The van der Waals surface area contributed by atoms with Gasteiger partial charge in [0, 0.05) is 13.1 Å². The summed E-state index contributed by atoms with van der Waals surface area (Å²) in [4.78, 5) is 36.5. The Bertz CT molecular complexity index is 782. The lowest BCUT2D eigenvalue weighted by Gasteiger charge is -2.23. The lowest BCUT2D eigenvalue weighted by Crippen LogP contribution is -2.35. The zero-order valence-corrected chi connectivity index (χ0v) is 16.2. The lowest BCUT2D eigenvalue weighted by atomic mass is 10.1. The molecule has 1 atom stereocenters. The molecule has 0 aliphatic rings. The van der Waals surface area contributed by atoms with Crippen LogP contribution < -0.4 is 0 Å². The second kappa shape index (κ2) is 11.1. The fourth-order valence-corrected chi connectivity index (χ4v) is 3.57. The third-order valence-corrected chi connectivity index (χ3v) is 5.31. The standard InChI is InChI=1S/C21H23NO5S/c23-19(15-28-18(21(26)27)13-20(24)25)22(14-17-9-5-2-6-10-17)12-11-16-7-3-1-4-8-16/h1-10,18H,11-15H2,(H,24,25)(H,26,27)/t18-/m0/s1. The fourth-order valence-electron chi connectivity index (χ4n) is 2.64. The van der Waals surface area contributed by atoms with Crippen molar-refractivity contribution >= 4 is 29.6 Å². The van der Waals surface area contributed by atoms with Crippen LogP contribution in [-0.4, -0.2) is 50.5 Å². The zero-order chi connectivity index (χ0) is 20.4. The monoisotopic (exact) mass is 401 g/mol. The van der Waals surface area contributed by atoms with Crippen LogP contribution in [0.25, 0.3) is 0 Å². The first-order chi connectivity index (χ1) is 13.5. The van der Waals surface area contributed by atoms with Crippen LogP contribution in [0.15, 0.2) is 60.7 Å². The van der Waals surface area contributed by atoms with Crippen LogP contribution in [0.5, 0.6) is 0 Å². The summed E-state index contributed by atoms with van der Waals surface area (Å²) in [5.41, 5.74) is 2.09. The SMILES string of the molecule is O=C(O)C[C@H](SCC(=O)N(CCc1ccccc1)Cc1ccccc1)C(=O)O. The van der Waals surface area contributed by atoms with Crippen LogP contribution in [0.1, 0.15) is 17.5 Å². The molecule has 28 heavy (non-hydrogen) atoms. The minimum atomic E-state index is -1.22. The maximum atomic E-state index is 12.7. The summed E-state index contributed by atoms with van der Waals surface area (Å²) in [7, 11) is 0.